The van der Waals surface area contributed by atoms with E-state index in [0.717, 1.165) is 46.9 Å². The first-order chi connectivity index (χ1) is 14.3. The summed E-state index contributed by atoms with van der Waals surface area (Å²) < 4.78 is 0. The maximum Gasteiger partial charge on any atom is 0.0979 e. The van der Waals surface area contributed by atoms with E-state index in [0.29, 0.717) is 0 Å². The number of allylic oxidation sites excluding steroid dienone is 4. The van der Waals surface area contributed by atoms with Crippen molar-refractivity contribution in [3.05, 3.63) is 95.7 Å². The Kier molecular flexibility index (Phi) is 3.46. The van der Waals surface area contributed by atoms with E-state index in [9.17, 15) is 0 Å². The average Bonchev–Trinajstić information content (AvgIpc) is 3.50. The second-order valence-electron chi connectivity index (χ2n) is 7.33. The van der Waals surface area contributed by atoms with Crippen molar-refractivity contribution in [1.29, 1.82) is 0 Å². The smallest absolute Gasteiger partial charge is 0.0979 e. The zero-order valence-electron chi connectivity index (χ0n) is 15.7. The molecule has 0 aromatic carbocycles. The summed E-state index contributed by atoms with van der Waals surface area (Å²) in [7, 11) is 0. The maximum absolute atomic E-state index is 4.73. The minimum absolute atomic E-state index is 0.748. The standard InChI is InChI=1S/C22H19N7/c1-2-18-12-27-8-10-29(16-27)14-20-4-6-22(25-20)21-5-3-19(24-21)13-28-9-7-26(15-28)11-17(1)23-18/h1-14,23H,15-16H2. The van der Waals surface area contributed by atoms with Gasteiger partial charge in [-0.1, -0.05) is 0 Å². The van der Waals surface area contributed by atoms with Crippen molar-refractivity contribution in [1.82, 2.24) is 24.6 Å². The van der Waals surface area contributed by atoms with Gasteiger partial charge in [-0.3, -0.25) is 0 Å². The number of fused-ring (bicyclic) bond motifs is 9. The molecular formula is C22H19N7. The molecule has 10 bridgehead atoms. The molecule has 0 radical (unpaired) electrons. The van der Waals surface area contributed by atoms with E-state index >= 15 is 0 Å². The highest BCUT2D eigenvalue weighted by molar-refractivity contribution is 6.51. The Morgan fingerprint density at radius 1 is 0.586 bits per heavy atom. The molecule has 1 aromatic heterocycles. The van der Waals surface area contributed by atoms with Crippen LogP contribution in [0.15, 0.2) is 95.0 Å². The molecule has 0 atom stereocenters. The van der Waals surface area contributed by atoms with Crippen LogP contribution in [0.5, 0.6) is 0 Å². The highest BCUT2D eigenvalue weighted by Gasteiger charge is 2.16. The molecule has 1 N–H and O–H groups in total. The first-order valence-electron chi connectivity index (χ1n) is 9.53. The van der Waals surface area contributed by atoms with Gasteiger partial charge in [0.05, 0.1) is 46.9 Å². The van der Waals surface area contributed by atoms with Crippen molar-refractivity contribution in [3.8, 4) is 0 Å². The van der Waals surface area contributed by atoms with Crippen LogP contribution in [0, 0.1) is 0 Å². The van der Waals surface area contributed by atoms with Gasteiger partial charge in [-0.25, -0.2) is 9.98 Å². The third-order valence-corrected chi connectivity index (χ3v) is 5.08. The summed E-state index contributed by atoms with van der Waals surface area (Å²) in [4.78, 5) is 21.4. The Bertz CT molecular complexity index is 1140. The van der Waals surface area contributed by atoms with Gasteiger partial charge < -0.3 is 24.6 Å². The zero-order valence-corrected chi connectivity index (χ0v) is 15.7. The average molecular weight is 381 g/mol. The first-order valence-corrected chi connectivity index (χ1v) is 9.53. The van der Waals surface area contributed by atoms with Crippen molar-refractivity contribution >= 4 is 23.8 Å². The lowest BCUT2D eigenvalue weighted by atomic mass is 10.2. The summed E-state index contributed by atoms with van der Waals surface area (Å²) in [5.41, 5.74) is 3.64. The maximum atomic E-state index is 4.73. The van der Waals surface area contributed by atoms with E-state index in [1.54, 1.807) is 0 Å². The van der Waals surface area contributed by atoms with Gasteiger partial charge in [0.1, 0.15) is 0 Å². The number of hydrogen-bond donors (Lipinski definition) is 1. The van der Waals surface area contributed by atoms with Crippen LogP contribution in [0.3, 0.4) is 0 Å². The number of aromatic amines is 1. The van der Waals surface area contributed by atoms with Crippen molar-refractivity contribution in [2.45, 2.75) is 0 Å². The normalized spacial score (nSPS) is 21.4. The van der Waals surface area contributed by atoms with Crippen LogP contribution < -0.4 is 10.7 Å². The van der Waals surface area contributed by atoms with Crippen LogP contribution >= 0.6 is 0 Å². The second kappa shape index (κ2) is 6.27. The molecule has 0 saturated heterocycles. The Morgan fingerprint density at radius 2 is 1.03 bits per heavy atom. The van der Waals surface area contributed by atoms with Crippen molar-refractivity contribution in [3.63, 3.8) is 0 Å². The molecule has 29 heavy (non-hydrogen) atoms. The Balaban J connectivity index is 1.40. The number of aromatic nitrogens is 1. The third-order valence-electron chi connectivity index (χ3n) is 5.08. The van der Waals surface area contributed by atoms with Gasteiger partial charge in [0.15, 0.2) is 0 Å². The molecule has 142 valence electrons. The molecule has 5 aliphatic rings. The van der Waals surface area contributed by atoms with Gasteiger partial charge in [-0.05, 0) is 36.4 Å². The third kappa shape index (κ3) is 3.12. The molecule has 7 nitrogen and oxygen atoms in total. The van der Waals surface area contributed by atoms with Gasteiger partial charge in [-0.2, -0.15) is 0 Å². The van der Waals surface area contributed by atoms with E-state index in [2.05, 4.69) is 86.3 Å². The molecule has 1 aromatic rings. The van der Waals surface area contributed by atoms with E-state index in [-0.39, 0.29) is 0 Å². The van der Waals surface area contributed by atoms with Gasteiger partial charge in [0.2, 0.25) is 0 Å². The molecule has 0 aliphatic carbocycles. The van der Waals surface area contributed by atoms with Crippen LogP contribution in [-0.2, 0) is 0 Å². The van der Waals surface area contributed by atoms with Crippen LogP contribution in [0.4, 0.5) is 0 Å². The molecule has 5 aliphatic heterocycles. The molecule has 0 amide bonds. The largest absolute Gasteiger partial charge is 0.353 e. The molecule has 0 spiro atoms. The Labute approximate surface area is 167 Å². The molecule has 0 unspecified atom stereocenters. The predicted molar refractivity (Wildman–Crippen MR) is 114 cm³/mol. The monoisotopic (exact) mass is 381 g/mol. The number of rotatable bonds is 0. The van der Waals surface area contributed by atoms with Crippen LogP contribution in [0.2, 0.25) is 0 Å². The van der Waals surface area contributed by atoms with Gasteiger partial charge in [-0.15, -0.1) is 0 Å². The zero-order chi connectivity index (χ0) is 19.2. The van der Waals surface area contributed by atoms with Gasteiger partial charge in [0.25, 0.3) is 0 Å². The highest BCUT2D eigenvalue weighted by atomic mass is 15.3. The molecule has 0 fully saturated rings. The highest BCUT2D eigenvalue weighted by Crippen LogP contribution is 2.19. The molecule has 0 saturated carbocycles. The van der Waals surface area contributed by atoms with Crippen LogP contribution in [0.25, 0.3) is 12.4 Å². The summed E-state index contributed by atoms with van der Waals surface area (Å²) in [6.45, 7) is 1.50. The predicted octanol–water partition coefficient (Wildman–Crippen LogP) is 1.30. The fourth-order valence-corrected chi connectivity index (χ4v) is 3.71. The van der Waals surface area contributed by atoms with E-state index in [4.69, 9.17) is 9.98 Å². The number of aliphatic imine (C=N–C) groups is 2. The minimum atomic E-state index is 0.748. The van der Waals surface area contributed by atoms with Crippen molar-refractivity contribution in [2.24, 2.45) is 9.98 Å². The topological polar surface area (TPSA) is 53.5 Å². The Morgan fingerprint density at radius 3 is 1.52 bits per heavy atom. The molecular weight excluding hydrogens is 362 g/mol. The van der Waals surface area contributed by atoms with Crippen LogP contribution in [-0.4, -0.2) is 49.3 Å². The van der Waals surface area contributed by atoms with Gasteiger partial charge in [0, 0.05) is 49.6 Å². The fraction of sp³-hybridized carbons (Fsp3) is 0.0909. The molecule has 7 heteroatoms. The summed E-state index contributed by atoms with van der Waals surface area (Å²) in [6, 6.07) is 4.18. The summed E-state index contributed by atoms with van der Waals surface area (Å²) in [5, 5.41) is 2.13. The minimum Gasteiger partial charge on any atom is -0.353 e. The van der Waals surface area contributed by atoms with E-state index in [1.165, 1.54) is 0 Å². The summed E-state index contributed by atoms with van der Waals surface area (Å²) in [5.74, 6) is 0. The lowest BCUT2D eigenvalue weighted by Gasteiger charge is -2.14. The fourth-order valence-electron chi connectivity index (χ4n) is 3.71. The second-order valence-corrected chi connectivity index (χ2v) is 7.33. The van der Waals surface area contributed by atoms with E-state index in [1.807, 2.05) is 24.3 Å². The lowest BCUT2D eigenvalue weighted by molar-refractivity contribution is 0.410. The van der Waals surface area contributed by atoms with Crippen molar-refractivity contribution in [2.75, 3.05) is 13.3 Å². The number of H-pyrrole nitrogens is 1. The summed E-state index contributed by atoms with van der Waals surface area (Å²) in [6.07, 6.45) is 24.6. The molecule has 6 heterocycles. The SMILES string of the molecule is C1=CC2=NC1=CN1C=CN(C=c3ccc([nH]3)=CN3C=CN(C=C4C=CC2=N4)C3)C1. The van der Waals surface area contributed by atoms with E-state index < -0.39 is 0 Å². The lowest BCUT2D eigenvalue weighted by Crippen LogP contribution is -2.22. The summed E-state index contributed by atoms with van der Waals surface area (Å²) >= 11 is 0. The Hall–Kier alpha value is -4.00. The van der Waals surface area contributed by atoms with Crippen LogP contribution in [0.1, 0.15) is 0 Å². The molecule has 6 rings (SSSR count). The number of hydrogen-bond acceptors (Lipinski definition) is 6. The van der Waals surface area contributed by atoms with Gasteiger partial charge >= 0.3 is 0 Å². The number of nitrogens with one attached hydrogen (secondary N) is 1. The quantitative estimate of drug-likeness (QED) is 0.736. The van der Waals surface area contributed by atoms with Crippen molar-refractivity contribution < 1.29 is 0 Å². The first kappa shape index (κ1) is 16.0. The number of nitrogens with zero attached hydrogens (tertiary/aromatic N) is 6.